The number of hydrogen-bond acceptors (Lipinski definition) is 5. The monoisotopic (exact) mass is 391 g/mol. The Hall–Kier alpha value is -2.22. The summed E-state index contributed by atoms with van der Waals surface area (Å²) in [6.45, 7) is 4.14. The van der Waals surface area contributed by atoms with Crippen LogP contribution in [0, 0.1) is 0 Å². The van der Waals surface area contributed by atoms with Gasteiger partial charge in [-0.25, -0.2) is 9.59 Å². The minimum Gasteiger partial charge on any atom is -0.478 e. The van der Waals surface area contributed by atoms with Gasteiger partial charge in [-0.05, 0) is 29.9 Å². The Balaban J connectivity index is 0.000000300. The molecule has 1 saturated carbocycles. The van der Waals surface area contributed by atoms with Crippen molar-refractivity contribution in [2.45, 2.75) is 37.7 Å². The van der Waals surface area contributed by atoms with Crippen LogP contribution in [0.4, 0.5) is 0 Å². The van der Waals surface area contributed by atoms with E-state index in [1.165, 1.54) is 31.2 Å². The number of carboxylic acids is 2. The van der Waals surface area contributed by atoms with E-state index in [4.69, 9.17) is 14.9 Å². The molecule has 0 amide bonds. The van der Waals surface area contributed by atoms with Crippen LogP contribution in [-0.4, -0.2) is 65.0 Å². The minimum atomic E-state index is -1.26. The highest BCUT2D eigenvalue weighted by Gasteiger charge is 2.19. The van der Waals surface area contributed by atoms with Crippen LogP contribution in [0.15, 0.2) is 36.4 Å². The molecule has 2 fully saturated rings. The summed E-state index contributed by atoms with van der Waals surface area (Å²) in [5.74, 6) is -1.76. The van der Waals surface area contributed by atoms with E-state index in [1.54, 1.807) is 0 Å². The van der Waals surface area contributed by atoms with E-state index in [9.17, 15) is 14.7 Å². The van der Waals surface area contributed by atoms with Crippen molar-refractivity contribution in [2.75, 3.05) is 32.8 Å². The highest BCUT2D eigenvalue weighted by Crippen LogP contribution is 2.34. The van der Waals surface area contributed by atoms with Crippen molar-refractivity contribution in [3.8, 4) is 0 Å². The van der Waals surface area contributed by atoms with Gasteiger partial charge in [-0.15, -0.1) is 0 Å². The predicted molar refractivity (Wildman–Crippen MR) is 104 cm³/mol. The maximum absolute atomic E-state index is 10.3. The number of ether oxygens (including phenoxy) is 1. The number of carbonyl (C=O) groups is 2. The van der Waals surface area contributed by atoms with E-state index >= 15 is 0 Å². The van der Waals surface area contributed by atoms with Crippen molar-refractivity contribution in [3.63, 3.8) is 0 Å². The molecule has 1 unspecified atom stereocenters. The fourth-order valence-corrected chi connectivity index (χ4v) is 3.53. The molecule has 2 aliphatic rings. The van der Waals surface area contributed by atoms with Crippen molar-refractivity contribution < 1.29 is 29.6 Å². The average Bonchev–Trinajstić information content (AvgIpc) is 3.23. The molecule has 7 nitrogen and oxygen atoms in total. The molecule has 7 heteroatoms. The lowest BCUT2D eigenvalue weighted by Gasteiger charge is -2.28. The smallest absolute Gasteiger partial charge is 0.328 e. The third kappa shape index (κ3) is 7.80. The Kier molecular flexibility index (Phi) is 9.13. The number of hydrogen-bond donors (Lipinski definition) is 3. The molecule has 1 aromatic carbocycles. The van der Waals surface area contributed by atoms with Gasteiger partial charge in [0.05, 0.1) is 19.3 Å². The molecular weight excluding hydrogens is 362 g/mol. The van der Waals surface area contributed by atoms with Crippen molar-refractivity contribution in [1.29, 1.82) is 0 Å². The van der Waals surface area contributed by atoms with Crippen LogP contribution in [0.5, 0.6) is 0 Å². The summed E-state index contributed by atoms with van der Waals surface area (Å²) < 4.78 is 5.34. The van der Waals surface area contributed by atoms with Gasteiger partial charge in [-0.1, -0.05) is 37.1 Å². The van der Waals surface area contributed by atoms with Crippen molar-refractivity contribution in [2.24, 2.45) is 0 Å². The number of nitrogens with zero attached hydrogens (tertiary/aromatic N) is 1. The molecule has 3 rings (SSSR count). The topological polar surface area (TPSA) is 107 Å². The Morgan fingerprint density at radius 3 is 2.07 bits per heavy atom. The second-order valence-corrected chi connectivity index (χ2v) is 7.09. The van der Waals surface area contributed by atoms with Crippen molar-refractivity contribution in [3.05, 3.63) is 47.5 Å². The van der Waals surface area contributed by atoms with Crippen LogP contribution in [0.2, 0.25) is 0 Å². The Labute approximate surface area is 165 Å². The van der Waals surface area contributed by atoms with Crippen LogP contribution < -0.4 is 0 Å². The van der Waals surface area contributed by atoms with Crippen molar-refractivity contribution >= 4 is 11.9 Å². The summed E-state index contributed by atoms with van der Waals surface area (Å²) >= 11 is 0. The van der Waals surface area contributed by atoms with E-state index in [0.717, 1.165) is 37.8 Å². The van der Waals surface area contributed by atoms with Gasteiger partial charge in [0, 0.05) is 31.8 Å². The molecule has 1 saturated heterocycles. The molecule has 1 aliphatic carbocycles. The first-order valence-electron chi connectivity index (χ1n) is 9.67. The number of aliphatic hydroxyl groups excluding tert-OH is 1. The molecule has 28 heavy (non-hydrogen) atoms. The van der Waals surface area contributed by atoms with E-state index in [-0.39, 0.29) is 6.10 Å². The zero-order chi connectivity index (χ0) is 20.4. The van der Waals surface area contributed by atoms with Gasteiger partial charge < -0.3 is 20.1 Å². The highest BCUT2D eigenvalue weighted by molar-refractivity contribution is 5.89. The summed E-state index contributed by atoms with van der Waals surface area (Å²) in [4.78, 5) is 21.4. The average molecular weight is 391 g/mol. The third-order valence-electron chi connectivity index (χ3n) is 5.05. The minimum absolute atomic E-state index is 0.384. The first kappa shape index (κ1) is 22.1. The summed E-state index contributed by atoms with van der Waals surface area (Å²) in [6.07, 6.45) is 6.12. The normalized spacial score (nSPS) is 19.2. The van der Waals surface area contributed by atoms with Gasteiger partial charge >= 0.3 is 11.9 Å². The van der Waals surface area contributed by atoms with E-state index in [0.29, 0.717) is 18.7 Å². The molecule has 3 N–H and O–H groups in total. The molecule has 1 aromatic rings. The largest absolute Gasteiger partial charge is 0.478 e. The molecule has 1 aliphatic heterocycles. The van der Waals surface area contributed by atoms with Crippen LogP contribution in [0.1, 0.15) is 48.8 Å². The van der Waals surface area contributed by atoms with Gasteiger partial charge in [-0.3, -0.25) is 4.90 Å². The maximum atomic E-state index is 10.3. The molecule has 0 bridgehead atoms. The number of aliphatic hydroxyl groups is 1. The van der Waals surface area contributed by atoms with Crippen LogP contribution in [0.3, 0.4) is 0 Å². The van der Waals surface area contributed by atoms with E-state index < -0.39 is 11.9 Å². The number of carboxylic acid groups (broad SMARTS) is 2. The lowest BCUT2D eigenvalue weighted by Crippen LogP contribution is -2.38. The second-order valence-electron chi connectivity index (χ2n) is 7.09. The van der Waals surface area contributed by atoms with Gasteiger partial charge in [-0.2, -0.15) is 0 Å². The second kappa shape index (κ2) is 11.6. The van der Waals surface area contributed by atoms with Crippen LogP contribution in [0.25, 0.3) is 0 Å². The van der Waals surface area contributed by atoms with Gasteiger partial charge in [0.2, 0.25) is 0 Å². The fraction of sp³-hybridized carbons (Fsp3) is 0.524. The quantitative estimate of drug-likeness (QED) is 0.639. The molecule has 0 aromatic heterocycles. The Bertz CT molecular complexity index is 629. The zero-order valence-electron chi connectivity index (χ0n) is 16.0. The summed E-state index contributed by atoms with van der Waals surface area (Å²) in [5, 5.41) is 26.0. The number of morpholine rings is 1. The number of rotatable bonds is 6. The van der Waals surface area contributed by atoms with Gasteiger partial charge in [0.25, 0.3) is 0 Å². The molecule has 0 spiro atoms. The maximum Gasteiger partial charge on any atom is 0.328 e. The third-order valence-corrected chi connectivity index (χ3v) is 5.05. The van der Waals surface area contributed by atoms with Gasteiger partial charge in [0.15, 0.2) is 0 Å². The van der Waals surface area contributed by atoms with Crippen molar-refractivity contribution in [1.82, 2.24) is 4.90 Å². The van der Waals surface area contributed by atoms with Crippen LogP contribution in [-0.2, 0) is 14.3 Å². The Morgan fingerprint density at radius 1 is 1.04 bits per heavy atom. The van der Waals surface area contributed by atoms with E-state index in [1.807, 2.05) is 0 Å². The number of β-amino-alcohol motifs (C(OH)–C–C–N with tert-alkyl or cyclic N) is 1. The Morgan fingerprint density at radius 2 is 1.57 bits per heavy atom. The fourth-order valence-electron chi connectivity index (χ4n) is 3.53. The molecule has 154 valence electrons. The molecule has 0 radical (unpaired) electrons. The molecule has 1 atom stereocenters. The van der Waals surface area contributed by atoms with Gasteiger partial charge in [0.1, 0.15) is 0 Å². The standard InChI is InChI=1S/C17H25NO2.C4H4O4/c19-17(13-18-9-11-20-12-10-18)16-7-5-15(6-8-16)14-3-1-2-4-14;5-3(6)1-2-4(7)8/h5-8,14,17,19H,1-4,9-13H2;1-2H,(H,5,6)(H,7,8)/b;2-1-. The lowest BCUT2D eigenvalue weighted by molar-refractivity contribution is -0.134. The van der Waals surface area contributed by atoms with Crippen LogP contribution >= 0.6 is 0 Å². The summed E-state index contributed by atoms with van der Waals surface area (Å²) in [7, 11) is 0. The lowest BCUT2D eigenvalue weighted by atomic mass is 9.95. The first-order valence-corrected chi connectivity index (χ1v) is 9.67. The molecular formula is C21H29NO6. The highest BCUT2D eigenvalue weighted by atomic mass is 16.5. The number of aliphatic carboxylic acids is 2. The zero-order valence-corrected chi connectivity index (χ0v) is 16.0. The SMILES string of the molecule is O=C(O)/C=C\C(=O)O.OC(CN1CCOCC1)c1ccc(C2CCCC2)cc1. The molecule has 1 heterocycles. The summed E-state index contributed by atoms with van der Waals surface area (Å²) in [5.41, 5.74) is 2.49. The summed E-state index contributed by atoms with van der Waals surface area (Å²) in [6, 6.07) is 8.65. The van der Waals surface area contributed by atoms with E-state index in [2.05, 4.69) is 29.2 Å². The predicted octanol–water partition coefficient (Wildman–Crippen LogP) is 2.42. The first-order chi connectivity index (χ1) is 13.5. The number of benzene rings is 1.